The van der Waals surface area contributed by atoms with Crippen molar-refractivity contribution in [1.29, 1.82) is 0 Å². The highest BCUT2D eigenvalue weighted by Crippen LogP contribution is 2.31. The van der Waals surface area contributed by atoms with Crippen LogP contribution in [0.1, 0.15) is 19.4 Å². The molecule has 0 atom stereocenters. The van der Waals surface area contributed by atoms with E-state index >= 15 is 0 Å². The number of benzene rings is 2. The molecule has 2 rings (SSSR count). The summed E-state index contributed by atoms with van der Waals surface area (Å²) in [5, 5.41) is 12.0. The van der Waals surface area contributed by atoms with Gasteiger partial charge in [-0.05, 0) is 37.6 Å². The standard InChI is InChI=1S/C17H20ClN3O4S/c1-12(2)19-26(24,25)14-8-9-16(17(10-14)21(22)23)20(3)11-13-6-4-5-7-15(13)18/h4-10,12,19H,11H2,1-3H3. The van der Waals surface area contributed by atoms with E-state index in [0.29, 0.717) is 17.3 Å². The summed E-state index contributed by atoms with van der Waals surface area (Å²) in [5.74, 6) is 0. The molecule has 0 bridgehead atoms. The molecule has 2 aromatic rings. The van der Waals surface area contributed by atoms with Gasteiger partial charge in [-0.3, -0.25) is 10.1 Å². The van der Waals surface area contributed by atoms with Crippen LogP contribution >= 0.6 is 11.6 Å². The van der Waals surface area contributed by atoms with Gasteiger partial charge < -0.3 is 4.90 Å². The first-order valence-electron chi connectivity index (χ1n) is 7.87. The molecule has 26 heavy (non-hydrogen) atoms. The second-order valence-corrected chi connectivity index (χ2v) is 8.25. The highest BCUT2D eigenvalue weighted by molar-refractivity contribution is 7.89. The van der Waals surface area contributed by atoms with Gasteiger partial charge in [0, 0.05) is 30.7 Å². The predicted octanol–water partition coefficient (Wildman–Crippen LogP) is 3.57. The zero-order valence-corrected chi connectivity index (χ0v) is 16.2. The molecule has 140 valence electrons. The summed E-state index contributed by atoms with van der Waals surface area (Å²) in [4.78, 5) is 12.4. The van der Waals surface area contributed by atoms with Crippen molar-refractivity contribution < 1.29 is 13.3 Å². The van der Waals surface area contributed by atoms with Gasteiger partial charge in [0.05, 0.1) is 9.82 Å². The molecule has 0 heterocycles. The molecule has 0 saturated heterocycles. The van der Waals surface area contributed by atoms with Gasteiger partial charge in [-0.15, -0.1) is 0 Å². The average molecular weight is 398 g/mol. The van der Waals surface area contributed by atoms with Crippen molar-refractivity contribution in [2.24, 2.45) is 0 Å². The molecule has 0 aliphatic rings. The maximum atomic E-state index is 12.3. The molecule has 0 aliphatic heterocycles. The summed E-state index contributed by atoms with van der Waals surface area (Å²) in [6.07, 6.45) is 0. The van der Waals surface area contributed by atoms with E-state index in [9.17, 15) is 18.5 Å². The van der Waals surface area contributed by atoms with E-state index in [0.717, 1.165) is 11.6 Å². The predicted molar refractivity (Wildman–Crippen MR) is 102 cm³/mol. The third-order valence-electron chi connectivity index (χ3n) is 3.62. The summed E-state index contributed by atoms with van der Waals surface area (Å²) in [5.41, 5.74) is 0.828. The number of nitrogens with zero attached hydrogens (tertiary/aromatic N) is 2. The molecule has 7 nitrogen and oxygen atoms in total. The van der Waals surface area contributed by atoms with Gasteiger partial charge >= 0.3 is 0 Å². The van der Waals surface area contributed by atoms with Crippen LogP contribution in [0.2, 0.25) is 5.02 Å². The van der Waals surface area contributed by atoms with Crippen molar-refractivity contribution in [3.05, 3.63) is 63.2 Å². The van der Waals surface area contributed by atoms with Crippen LogP contribution in [0.3, 0.4) is 0 Å². The summed E-state index contributed by atoms with van der Waals surface area (Å²) in [6, 6.07) is 10.7. The maximum Gasteiger partial charge on any atom is 0.293 e. The van der Waals surface area contributed by atoms with E-state index in [1.807, 2.05) is 12.1 Å². The van der Waals surface area contributed by atoms with Gasteiger partial charge in [0.25, 0.3) is 5.69 Å². The van der Waals surface area contributed by atoms with E-state index in [1.165, 1.54) is 12.1 Å². The third-order valence-corrected chi connectivity index (χ3v) is 5.65. The number of nitro groups is 1. The van der Waals surface area contributed by atoms with Crippen LogP contribution in [0.15, 0.2) is 47.4 Å². The Balaban J connectivity index is 2.40. The van der Waals surface area contributed by atoms with Crippen molar-refractivity contribution in [1.82, 2.24) is 4.72 Å². The molecule has 9 heteroatoms. The quantitative estimate of drug-likeness (QED) is 0.569. The summed E-state index contributed by atoms with van der Waals surface area (Å²) < 4.78 is 27.0. The molecule has 2 aromatic carbocycles. The molecular formula is C17H20ClN3O4S. The van der Waals surface area contributed by atoms with Crippen molar-refractivity contribution >= 4 is 33.0 Å². The molecule has 0 unspecified atom stereocenters. The maximum absolute atomic E-state index is 12.3. The lowest BCUT2D eigenvalue weighted by Crippen LogP contribution is -2.30. The normalized spacial score (nSPS) is 11.6. The first-order chi connectivity index (χ1) is 12.1. The molecule has 1 N–H and O–H groups in total. The molecule has 0 aromatic heterocycles. The molecule has 0 amide bonds. The van der Waals surface area contributed by atoms with Gasteiger partial charge in [-0.2, -0.15) is 0 Å². The highest BCUT2D eigenvalue weighted by atomic mass is 35.5. The van der Waals surface area contributed by atoms with Crippen LogP contribution < -0.4 is 9.62 Å². The first-order valence-corrected chi connectivity index (χ1v) is 9.73. The Morgan fingerprint density at radius 1 is 1.23 bits per heavy atom. The van der Waals surface area contributed by atoms with Gasteiger partial charge in [0.15, 0.2) is 0 Å². The number of halogens is 1. The van der Waals surface area contributed by atoms with Crippen molar-refractivity contribution in [2.75, 3.05) is 11.9 Å². The minimum Gasteiger partial charge on any atom is -0.365 e. The Kier molecular flexibility index (Phi) is 6.22. The number of rotatable bonds is 7. The molecular weight excluding hydrogens is 378 g/mol. The molecule has 0 saturated carbocycles. The zero-order chi connectivity index (χ0) is 19.5. The lowest BCUT2D eigenvalue weighted by atomic mass is 10.2. The van der Waals surface area contributed by atoms with Crippen molar-refractivity contribution in [3.8, 4) is 0 Å². The number of hydrogen-bond acceptors (Lipinski definition) is 5. The number of nitrogens with one attached hydrogen (secondary N) is 1. The summed E-state index contributed by atoms with van der Waals surface area (Å²) in [7, 11) is -2.13. The second-order valence-electron chi connectivity index (χ2n) is 6.13. The van der Waals surface area contributed by atoms with E-state index in [2.05, 4.69) is 4.72 Å². The molecule has 0 aliphatic carbocycles. The number of hydrogen-bond donors (Lipinski definition) is 1. The SMILES string of the molecule is CC(C)NS(=O)(=O)c1ccc(N(C)Cc2ccccc2Cl)c([N+](=O)[O-])c1. The number of nitro benzene ring substituents is 1. The summed E-state index contributed by atoms with van der Waals surface area (Å²) >= 11 is 6.14. The van der Waals surface area contributed by atoms with Crippen molar-refractivity contribution in [2.45, 2.75) is 31.3 Å². The zero-order valence-electron chi connectivity index (χ0n) is 14.6. The average Bonchev–Trinajstić information content (AvgIpc) is 2.55. The number of sulfonamides is 1. The second kappa shape index (κ2) is 8.03. The van der Waals surface area contributed by atoms with Gasteiger partial charge in [-0.25, -0.2) is 13.1 Å². The molecule has 0 spiro atoms. The Labute approximate surface area is 157 Å². The van der Waals surface area contributed by atoms with Gasteiger partial charge in [0.1, 0.15) is 5.69 Å². The van der Waals surface area contributed by atoms with Crippen LogP contribution in [0.25, 0.3) is 0 Å². The Morgan fingerprint density at radius 2 is 1.88 bits per heavy atom. The fourth-order valence-corrected chi connectivity index (χ4v) is 3.95. The van der Waals surface area contributed by atoms with Crippen LogP contribution in [0, 0.1) is 10.1 Å². The van der Waals surface area contributed by atoms with E-state index in [-0.39, 0.29) is 16.6 Å². The van der Waals surface area contributed by atoms with Crippen LogP contribution in [-0.4, -0.2) is 26.4 Å². The number of anilines is 1. The fourth-order valence-electron chi connectivity index (χ4n) is 2.49. The lowest BCUT2D eigenvalue weighted by Gasteiger charge is -2.20. The molecule has 0 fully saturated rings. The van der Waals surface area contributed by atoms with Crippen molar-refractivity contribution in [3.63, 3.8) is 0 Å². The van der Waals surface area contributed by atoms with Gasteiger partial charge in [-0.1, -0.05) is 29.8 Å². The lowest BCUT2D eigenvalue weighted by molar-refractivity contribution is -0.384. The van der Waals surface area contributed by atoms with Crippen LogP contribution in [0.5, 0.6) is 0 Å². The Hall–Kier alpha value is -2.16. The van der Waals surface area contributed by atoms with Gasteiger partial charge in [0.2, 0.25) is 10.0 Å². The van der Waals surface area contributed by atoms with Crippen LogP contribution in [-0.2, 0) is 16.6 Å². The Bertz CT molecular complexity index is 916. The Morgan fingerprint density at radius 3 is 2.46 bits per heavy atom. The van der Waals surface area contributed by atoms with E-state index < -0.39 is 14.9 Å². The highest BCUT2D eigenvalue weighted by Gasteiger charge is 2.24. The van der Waals surface area contributed by atoms with Crippen LogP contribution in [0.4, 0.5) is 11.4 Å². The summed E-state index contributed by atoms with van der Waals surface area (Å²) in [6.45, 7) is 3.70. The minimum atomic E-state index is -3.82. The largest absolute Gasteiger partial charge is 0.365 e. The molecule has 0 radical (unpaired) electrons. The fraction of sp³-hybridized carbons (Fsp3) is 0.294. The van der Waals surface area contributed by atoms with E-state index in [4.69, 9.17) is 11.6 Å². The first kappa shape index (κ1) is 20.2. The minimum absolute atomic E-state index is 0.146. The smallest absolute Gasteiger partial charge is 0.293 e. The monoisotopic (exact) mass is 397 g/mol. The topological polar surface area (TPSA) is 92.6 Å². The third kappa shape index (κ3) is 4.72. The van der Waals surface area contributed by atoms with E-state index in [1.54, 1.807) is 37.9 Å².